The zero-order chi connectivity index (χ0) is 19.3. The SMILES string of the molecule is O=C(C[NH+](Cc1cccs1)C[C@@H]1CCCO1)Nc1ccccc1C(F)(F)F. The molecule has 0 aliphatic carbocycles. The molecule has 1 saturated heterocycles. The highest BCUT2D eigenvalue weighted by molar-refractivity contribution is 7.09. The van der Waals surface area contributed by atoms with Crippen molar-refractivity contribution in [1.29, 1.82) is 0 Å². The summed E-state index contributed by atoms with van der Waals surface area (Å²) in [6.07, 6.45) is -2.46. The Morgan fingerprint density at radius 2 is 2.07 bits per heavy atom. The van der Waals surface area contributed by atoms with Gasteiger partial charge in [-0.3, -0.25) is 4.79 Å². The summed E-state index contributed by atoms with van der Waals surface area (Å²) < 4.78 is 45.0. The smallest absolute Gasteiger partial charge is 0.372 e. The Kier molecular flexibility index (Phi) is 6.51. The molecule has 2 heterocycles. The Labute approximate surface area is 159 Å². The fourth-order valence-corrected chi connectivity index (χ4v) is 4.03. The number of thiophene rings is 1. The van der Waals surface area contributed by atoms with Gasteiger partial charge in [0.05, 0.1) is 16.1 Å². The van der Waals surface area contributed by atoms with Gasteiger partial charge in [-0.25, -0.2) is 0 Å². The highest BCUT2D eigenvalue weighted by Crippen LogP contribution is 2.34. The molecule has 2 N–H and O–H groups in total. The van der Waals surface area contributed by atoms with Gasteiger partial charge in [0.25, 0.3) is 5.91 Å². The first-order chi connectivity index (χ1) is 12.9. The minimum Gasteiger partial charge on any atom is -0.372 e. The predicted molar refractivity (Wildman–Crippen MR) is 97.8 cm³/mol. The molecule has 8 heteroatoms. The van der Waals surface area contributed by atoms with Crippen molar-refractivity contribution in [2.45, 2.75) is 31.7 Å². The first-order valence-corrected chi connectivity index (χ1v) is 9.73. The van der Waals surface area contributed by atoms with E-state index in [1.807, 2.05) is 17.5 Å². The lowest BCUT2D eigenvalue weighted by Crippen LogP contribution is -3.12. The topological polar surface area (TPSA) is 42.8 Å². The Morgan fingerprint density at radius 1 is 1.26 bits per heavy atom. The molecule has 2 atom stereocenters. The largest absolute Gasteiger partial charge is 0.418 e. The number of nitrogens with one attached hydrogen (secondary N) is 2. The Morgan fingerprint density at radius 3 is 2.74 bits per heavy atom. The summed E-state index contributed by atoms with van der Waals surface area (Å²) >= 11 is 1.60. The van der Waals surface area contributed by atoms with Crippen LogP contribution in [0.1, 0.15) is 23.3 Å². The molecule has 1 aliphatic heterocycles. The van der Waals surface area contributed by atoms with Crippen molar-refractivity contribution in [3.8, 4) is 0 Å². The number of amides is 1. The molecule has 3 rings (SSSR count). The van der Waals surface area contributed by atoms with E-state index in [0.717, 1.165) is 35.3 Å². The monoisotopic (exact) mass is 399 g/mol. The molecule has 0 spiro atoms. The van der Waals surface area contributed by atoms with Crippen molar-refractivity contribution in [1.82, 2.24) is 0 Å². The molecule has 1 amide bonds. The molecule has 1 unspecified atom stereocenters. The van der Waals surface area contributed by atoms with Gasteiger partial charge in [0.1, 0.15) is 19.2 Å². The molecule has 1 aliphatic rings. The number of para-hydroxylation sites is 1. The highest BCUT2D eigenvalue weighted by atomic mass is 32.1. The third-order valence-electron chi connectivity index (χ3n) is 4.46. The van der Waals surface area contributed by atoms with Crippen LogP contribution in [0.25, 0.3) is 0 Å². The number of benzene rings is 1. The van der Waals surface area contributed by atoms with Crippen LogP contribution in [-0.4, -0.2) is 31.7 Å². The minimum absolute atomic E-state index is 0.0873. The van der Waals surface area contributed by atoms with Crippen LogP contribution in [0.3, 0.4) is 0 Å². The van der Waals surface area contributed by atoms with E-state index in [0.29, 0.717) is 13.1 Å². The van der Waals surface area contributed by atoms with Gasteiger partial charge in [-0.15, -0.1) is 11.3 Å². The molecule has 27 heavy (non-hydrogen) atoms. The molecule has 2 aromatic rings. The molecule has 4 nitrogen and oxygen atoms in total. The Balaban J connectivity index is 1.67. The van der Waals surface area contributed by atoms with Crippen LogP contribution in [0.2, 0.25) is 0 Å². The lowest BCUT2D eigenvalue weighted by atomic mass is 10.1. The average molecular weight is 399 g/mol. The van der Waals surface area contributed by atoms with E-state index in [2.05, 4.69) is 5.32 Å². The maximum atomic E-state index is 13.1. The van der Waals surface area contributed by atoms with E-state index in [-0.39, 0.29) is 18.3 Å². The second kappa shape index (κ2) is 8.86. The third-order valence-corrected chi connectivity index (χ3v) is 5.34. The lowest BCUT2D eigenvalue weighted by molar-refractivity contribution is -0.908. The van der Waals surface area contributed by atoms with E-state index >= 15 is 0 Å². The number of rotatable bonds is 7. The standard InChI is InChI=1S/C19H21F3N2O2S/c20-19(21,22)16-7-1-2-8-17(16)23-18(25)13-24(11-14-5-3-9-26-14)12-15-6-4-10-27-15/h1-2,4,6-8,10,14H,3,5,9,11-13H2,(H,23,25)/p+1/t14-/m0/s1. The van der Waals surface area contributed by atoms with Crippen LogP contribution in [-0.2, 0) is 22.3 Å². The maximum absolute atomic E-state index is 13.1. The second-order valence-electron chi connectivity index (χ2n) is 6.61. The lowest BCUT2D eigenvalue weighted by Gasteiger charge is -2.22. The summed E-state index contributed by atoms with van der Waals surface area (Å²) in [5.74, 6) is -0.434. The van der Waals surface area contributed by atoms with E-state index < -0.39 is 17.6 Å². The first kappa shape index (κ1) is 19.9. The normalized spacial score (nSPS) is 18.4. The fourth-order valence-electron chi connectivity index (χ4n) is 3.25. The third kappa shape index (κ3) is 5.79. The zero-order valence-electron chi connectivity index (χ0n) is 14.7. The van der Waals surface area contributed by atoms with Crippen molar-refractivity contribution in [2.24, 2.45) is 0 Å². The van der Waals surface area contributed by atoms with Gasteiger partial charge in [-0.05, 0) is 36.4 Å². The number of ether oxygens (including phenoxy) is 1. The van der Waals surface area contributed by atoms with Crippen LogP contribution in [0.5, 0.6) is 0 Å². The number of carbonyl (C=O) groups excluding carboxylic acids is 1. The van der Waals surface area contributed by atoms with Gasteiger partial charge in [0, 0.05) is 6.61 Å². The molecule has 0 radical (unpaired) electrons. The van der Waals surface area contributed by atoms with Crippen LogP contribution < -0.4 is 10.2 Å². The van der Waals surface area contributed by atoms with Crippen molar-refractivity contribution >= 4 is 22.9 Å². The number of alkyl halides is 3. The zero-order valence-corrected chi connectivity index (χ0v) is 15.5. The predicted octanol–water partition coefficient (Wildman–Crippen LogP) is 2.97. The number of anilines is 1. The molecular formula is C19H22F3N2O2S+. The van der Waals surface area contributed by atoms with Crippen LogP contribution >= 0.6 is 11.3 Å². The number of carbonyl (C=O) groups is 1. The van der Waals surface area contributed by atoms with Crippen molar-refractivity contribution < 1.29 is 27.6 Å². The van der Waals surface area contributed by atoms with Gasteiger partial charge < -0.3 is 15.0 Å². The van der Waals surface area contributed by atoms with Gasteiger partial charge in [-0.2, -0.15) is 13.2 Å². The Hall–Kier alpha value is -1.90. The highest BCUT2D eigenvalue weighted by Gasteiger charge is 2.34. The minimum atomic E-state index is -4.51. The number of halogens is 3. The summed E-state index contributed by atoms with van der Waals surface area (Å²) in [6, 6.07) is 8.98. The maximum Gasteiger partial charge on any atom is 0.418 e. The molecular weight excluding hydrogens is 377 g/mol. The summed E-state index contributed by atoms with van der Waals surface area (Å²) in [6.45, 7) is 2.12. The van der Waals surface area contributed by atoms with Gasteiger partial charge >= 0.3 is 6.18 Å². The van der Waals surface area contributed by atoms with Crippen molar-refractivity contribution in [3.63, 3.8) is 0 Å². The van der Waals surface area contributed by atoms with Crippen molar-refractivity contribution in [3.05, 3.63) is 52.2 Å². The molecule has 1 aromatic heterocycles. The number of quaternary nitrogens is 1. The van der Waals surface area contributed by atoms with Crippen molar-refractivity contribution in [2.75, 3.05) is 25.0 Å². The van der Waals surface area contributed by atoms with Crippen LogP contribution in [0.15, 0.2) is 41.8 Å². The average Bonchev–Trinajstić information content (AvgIpc) is 3.28. The van der Waals surface area contributed by atoms with Gasteiger partial charge in [-0.1, -0.05) is 18.2 Å². The molecule has 0 saturated carbocycles. The fraction of sp³-hybridized carbons (Fsp3) is 0.421. The van der Waals surface area contributed by atoms with E-state index in [1.165, 1.54) is 18.2 Å². The molecule has 0 bridgehead atoms. The van der Waals surface area contributed by atoms with E-state index in [4.69, 9.17) is 4.74 Å². The molecule has 146 valence electrons. The Bertz CT molecular complexity index is 744. The van der Waals surface area contributed by atoms with Gasteiger partial charge in [0.15, 0.2) is 6.54 Å². The summed E-state index contributed by atoms with van der Waals surface area (Å²) in [4.78, 5) is 14.6. The quantitative estimate of drug-likeness (QED) is 0.752. The van der Waals surface area contributed by atoms with Crippen LogP contribution in [0.4, 0.5) is 18.9 Å². The number of hydrogen-bond donors (Lipinski definition) is 2. The van der Waals surface area contributed by atoms with Gasteiger partial charge in [0.2, 0.25) is 0 Å². The number of hydrogen-bond acceptors (Lipinski definition) is 3. The molecule has 1 fully saturated rings. The summed E-state index contributed by atoms with van der Waals surface area (Å²) in [5, 5.41) is 4.41. The first-order valence-electron chi connectivity index (χ1n) is 8.85. The van der Waals surface area contributed by atoms with E-state index in [9.17, 15) is 18.0 Å². The summed E-state index contributed by atoms with van der Waals surface area (Å²) in [5.41, 5.74) is -1.04. The summed E-state index contributed by atoms with van der Waals surface area (Å²) in [7, 11) is 0. The molecule has 1 aromatic carbocycles. The van der Waals surface area contributed by atoms with E-state index in [1.54, 1.807) is 11.3 Å². The second-order valence-corrected chi connectivity index (χ2v) is 7.65. The van der Waals surface area contributed by atoms with Crippen LogP contribution in [0, 0.1) is 0 Å².